The summed E-state index contributed by atoms with van der Waals surface area (Å²) in [6.07, 6.45) is 13.9. The van der Waals surface area contributed by atoms with Crippen molar-refractivity contribution in [2.75, 3.05) is 0 Å². The van der Waals surface area contributed by atoms with E-state index in [1.165, 1.54) is 57.8 Å². The van der Waals surface area contributed by atoms with Gasteiger partial charge in [-0.2, -0.15) is 0 Å². The largest absolute Gasteiger partial charge is 0.325 e. The highest BCUT2D eigenvalue weighted by atomic mass is 14.9. The van der Waals surface area contributed by atoms with Crippen molar-refractivity contribution in [2.24, 2.45) is 34.3 Å². The van der Waals surface area contributed by atoms with Crippen LogP contribution in [0.15, 0.2) is 11.6 Å². The van der Waals surface area contributed by atoms with Gasteiger partial charge in [0.25, 0.3) is 0 Å². The maximum atomic E-state index is 8.27. The van der Waals surface area contributed by atoms with Crippen molar-refractivity contribution in [3.05, 3.63) is 11.6 Å². The summed E-state index contributed by atoms with van der Waals surface area (Å²) in [6, 6.07) is 0. The molecule has 0 heterocycles. The first-order chi connectivity index (χ1) is 10.8. The normalized spacial score (nSPS) is 52.2. The molecule has 0 saturated heterocycles. The summed E-state index contributed by atoms with van der Waals surface area (Å²) in [6.45, 7) is 7.02. The third kappa shape index (κ3) is 1.94. The van der Waals surface area contributed by atoms with Gasteiger partial charge in [0.05, 0.1) is 0 Å². The summed E-state index contributed by atoms with van der Waals surface area (Å²) in [5, 5.41) is 8.27. The summed E-state index contributed by atoms with van der Waals surface area (Å²) in [5.74, 6) is 1.77. The molecular weight excluding hydrogens is 280 g/mol. The molecule has 3 fully saturated rings. The van der Waals surface area contributed by atoms with E-state index in [4.69, 9.17) is 11.1 Å². The van der Waals surface area contributed by atoms with Gasteiger partial charge in [-0.25, -0.2) is 0 Å². The van der Waals surface area contributed by atoms with E-state index >= 15 is 0 Å². The lowest BCUT2D eigenvalue weighted by Gasteiger charge is -2.63. The van der Waals surface area contributed by atoms with Crippen LogP contribution >= 0.6 is 0 Å². The Morgan fingerprint density at radius 1 is 1.13 bits per heavy atom. The quantitative estimate of drug-likeness (QED) is 0.515. The highest BCUT2D eigenvalue weighted by molar-refractivity contribution is 5.82. The Hall–Kier alpha value is -0.630. The van der Waals surface area contributed by atoms with Gasteiger partial charge in [0.15, 0.2) is 0 Å². The zero-order valence-electron chi connectivity index (χ0n) is 15.3. The van der Waals surface area contributed by atoms with Crippen LogP contribution in [-0.2, 0) is 0 Å². The average Bonchev–Trinajstić information content (AvgIpc) is 2.85. The zero-order valence-corrected chi connectivity index (χ0v) is 15.3. The van der Waals surface area contributed by atoms with Crippen LogP contribution in [0.4, 0.5) is 0 Å². The predicted octanol–water partition coefficient (Wildman–Crippen LogP) is 5.08. The van der Waals surface area contributed by atoms with Crippen molar-refractivity contribution >= 4 is 5.71 Å². The van der Waals surface area contributed by atoms with Gasteiger partial charge in [-0.15, -0.1) is 0 Å². The second kappa shape index (κ2) is 4.94. The van der Waals surface area contributed by atoms with E-state index in [9.17, 15) is 0 Å². The second-order valence-electron chi connectivity index (χ2n) is 9.61. The van der Waals surface area contributed by atoms with Crippen LogP contribution < -0.4 is 5.73 Å². The van der Waals surface area contributed by atoms with Gasteiger partial charge in [-0.05, 0) is 87.4 Å². The van der Waals surface area contributed by atoms with E-state index in [-0.39, 0.29) is 11.0 Å². The van der Waals surface area contributed by atoms with E-state index < -0.39 is 0 Å². The molecule has 3 N–H and O–H groups in total. The Balaban J connectivity index is 1.74. The van der Waals surface area contributed by atoms with Gasteiger partial charge in [-0.1, -0.05) is 25.5 Å². The topological polar surface area (TPSA) is 49.9 Å². The molecule has 2 heteroatoms. The van der Waals surface area contributed by atoms with Crippen LogP contribution in [0.1, 0.15) is 78.6 Å². The molecule has 4 aliphatic carbocycles. The number of allylic oxidation sites excluding steroid dienone is 2. The van der Waals surface area contributed by atoms with Gasteiger partial charge in [0.2, 0.25) is 0 Å². The second-order valence-corrected chi connectivity index (χ2v) is 9.61. The van der Waals surface area contributed by atoms with Crippen molar-refractivity contribution in [1.29, 1.82) is 5.41 Å². The zero-order chi connectivity index (χ0) is 16.5. The van der Waals surface area contributed by atoms with Crippen molar-refractivity contribution < 1.29 is 0 Å². The fraction of sp³-hybridized carbons (Fsp3) is 0.857. The molecule has 0 aliphatic heterocycles. The molecule has 0 aromatic heterocycles. The summed E-state index contributed by atoms with van der Waals surface area (Å²) in [7, 11) is 0. The van der Waals surface area contributed by atoms with Crippen molar-refractivity contribution in [1.82, 2.24) is 0 Å². The SMILES string of the molecule is CC(=N)C1CCC2C1(C)CCC1C3(C)CCCC=C3CCC12N. The fourth-order valence-electron chi connectivity index (χ4n) is 7.68. The Labute approximate surface area is 141 Å². The van der Waals surface area contributed by atoms with Crippen LogP contribution in [0.25, 0.3) is 0 Å². The van der Waals surface area contributed by atoms with Gasteiger partial charge < -0.3 is 11.1 Å². The summed E-state index contributed by atoms with van der Waals surface area (Å²) >= 11 is 0. The summed E-state index contributed by atoms with van der Waals surface area (Å²) in [5.41, 5.74) is 10.6. The first-order valence-electron chi connectivity index (χ1n) is 9.86. The molecule has 4 aliphatic rings. The first kappa shape index (κ1) is 15.9. The predicted molar refractivity (Wildman–Crippen MR) is 96.6 cm³/mol. The summed E-state index contributed by atoms with van der Waals surface area (Å²) in [4.78, 5) is 0. The van der Waals surface area contributed by atoms with Crippen LogP contribution in [0.5, 0.6) is 0 Å². The Morgan fingerprint density at radius 3 is 2.65 bits per heavy atom. The van der Waals surface area contributed by atoms with E-state index in [0.717, 1.165) is 5.71 Å². The van der Waals surface area contributed by atoms with Crippen LogP contribution in [0.2, 0.25) is 0 Å². The third-order valence-electron chi connectivity index (χ3n) is 8.75. The minimum absolute atomic E-state index is 0.0145. The average molecular weight is 315 g/mol. The molecule has 128 valence electrons. The monoisotopic (exact) mass is 314 g/mol. The number of hydrogen-bond acceptors (Lipinski definition) is 2. The van der Waals surface area contributed by atoms with Gasteiger partial charge in [0, 0.05) is 17.2 Å². The van der Waals surface area contributed by atoms with E-state index in [1.54, 1.807) is 5.57 Å². The molecule has 0 spiro atoms. The molecule has 6 atom stereocenters. The summed E-state index contributed by atoms with van der Waals surface area (Å²) < 4.78 is 0. The molecule has 6 unspecified atom stereocenters. The van der Waals surface area contributed by atoms with Crippen molar-refractivity contribution in [3.8, 4) is 0 Å². The maximum Gasteiger partial charge on any atom is 0.0228 e. The first-order valence-corrected chi connectivity index (χ1v) is 9.86. The lowest BCUT2D eigenvalue weighted by molar-refractivity contribution is -0.0636. The maximum absolute atomic E-state index is 8.27. The van der Waals surface area contributed by atoms with E-state index in [2.05, 4.69) is 19.9 Å². The Morgan fingerprint density at radius 2 is 1.91 bits per heavy atom. The highest BCUT2D eigenvalue weighted by Gasteiger charge is 2.64. The molecular formula is C21H34N2. The third-order valence-corrected chi connectivity index (χ3v) is 8.75. The lowest BCUT2D eigenvalue weighted by Crippen LogP contribution is -2.66. The van der Waals surface area contributed by atoms with Gasteiger partial charge >= 0.3 is 0 Å². The van der Waals surface area contributed by atoms with E-state index in [0.29, 0.717) is 23.2 Å². The molecule has 3 saturated carbocycles. The molecule has 2 nitrogen and oxygen atoms in total. The lowest BCUT2D eigenvalue weighted by atomic mass is 9.44. The smallest absolute Gasteiger partial charge is 0.0228 e. The molecule has 4 rings (SSSR count). The Kier molecular flexibility index (Phi) is 3.41. The van der Waals surface area contributed by atoms with Gasteiger partial charge in [0.1, 0.15) is 0 Å². The highest BCUT2D eigenvalue weighted by Crippen LogP contribution is 2.67. The van der Waals surface area contributed by atoms with E-state index in [1.807, 2.05) is 6.92 Å². The number of hydrogen-bond donors (Lipinski definition) is 2. The molecule has 0 amide bonds. The minimum atomic E-state index is 0.0145. The molecule has 0 aromatic carbocycles. The number of nitrogens with one attached hydrogen (secondary N) is 1. The minimum Gasteiger partial charge on any atom is -0.325 e. The van der Waals surface area contributed by atoms with Crippen molar-refractivity contribution in [2.45, 2.75) is 84.1 Å². The molecule has 0 bridgehead atoms. The number of nitrogens with two attached hydrogens (primary N) is 1. The Bertz CT molecular complexity index is 564. The molecule has 23 heavy (non-hydrogen) atoms. The molecule has 0 radical (unpaired) electrons. The van der Waals surface area contributed by atoms with Crippen LogP contribution in [0, 0.1) is 34.0 Å². The van der Waals surface area contributed by atoms with Gasteiger partial charge in [-0.3, -0.25) is 0 Å². The van der Waals surface area contributed by atoms with Crippen molar-refractivity contribution in [3.63, 3.8) is 0 Å². The van der Waals surface area contributed by atoms with Crippen LogP contribution in [-0.4, -0.2) is 11.3 Å². The molecule has 0 aromatic rings. The van der Waals surface area contributed by atoms with Crippen LogP contribution in [0.3, 0.4) is 0 Å². The fourth-order valence-corrected chi connectivity index (χ4v) is 7.68. The standard InChI is InChI=1S/C21H34N2/c1-14(22)16-7-8-17-20(16,3)12-10-18-19(2)11-5-4-6-15(19)9-13-21(17,18)23/h6,16-18,22H,4-5,7-13,23H2,1-3H3. The number of rotatable bonds is 1. The number of fused-ring (bicyclic) bond motifs is 5.